The molecule has 1 aliphatic heterocycles. The molecule has 188 valence electrons. The fraction of sp³-hybridized carbons (Fsp3) is 0.345. The standard InChI is InChI=1S/C29H33N3O3S/c1-21-13-19-26(20-14-21)36(33,34)31-30-27(22-9-5-3-6-10-22)29-28(23-15-17-25(35-2)18-16-23)32(29)24-11-7-4-8-12-24/h3,5-6,9-10,13-20,24,28-29,31H,4,7-8,11-12H2,1-2H3/b30-27+/t28-,29+,32?/m1/s1. The molecule has 2 fully saturated rings. The minimum absolute atomic E-state index is 0.00962. The molecule has 3 aromatic carbocycles. The molecule has 1 saturated heterocycles. The monoisotopic (exact) mass is 503 g/mol. The van der Waals surface area contributed by atoms with Gasteiger partial charge < -0.3 is 4.74 Å². The number of ether oxygens (including phenoxy) is 1. The van der Waals surface area contributed by atoms with Crippen molar-refractivity contribution in [3.8, 4) is 5.75 Å². The highest BCUT2D eigenvalue weighted by molar-refractivity contribution is 7.89. The second-order valence-corrected chi connectivity index (χ2v) is 11.3. The summed E-state index contributed by atoms with van der Waals surface area (Å²) in [6.07, 6.45) is 6.03. The highest BCUT2D eigenvalue weighted by Crippen LogP contribution is 2.49. The minimum atomic E-state index is -3.79. The molecule has 36 heavy (non-hydrogen) atoms. The van der Waals surface area contributed by atoms with E-state index in [1.54, 1.807) is 31.4 Å². The van der Waals surface area contributed by atoms with E-state index in [4.69, 9.17) is 4.74 Å². The number of aryl methyl sites for hydroxylation is 1. The van der Waals surface area contributed by atoms with E-state index < -0.39 is 10.0 Å². The van der Waals surface area contributed by atoms with Crippen LogP contribution in [0.3, 0.4) is 0 Å². The molecular formula is C29H33N3O3S. The average Bonchev–Trinajstić information content (AvgIpc) is 3.65. The topological polar surface area (TPSA) is 70.8 Å². The van der Waals surface area contributed by atoms with Crippen LogP contribution in [-0.4, -0.2) is 38.2 Å². The number of sulfonamides is 1. The smallest absolute Gasteiger partial charge is 0.276 e. The Kier molecular flexibility index (Phi) is 7.12. The van der Waals surface area contributed by atoms with E-state index in [-0.39, 0.29) is 17.0 Å². The summed E-state index contributed by atoms with van der Waals surface area (Å²) in [4.78, 5) is 5.27. The Bertz CT molecular complexity index is 1300. The van der Waals surface area contributed by atoms with Crippen LogP contribution in [0.15, 0.2) is 88.9 Å². The predicted octanol–water partition coefficient (Wildman–Crippen LogP) is 5.44. The summed E-state index contributed by atoms with van der Waals surface area (Å²) >= 11 is 0. The molecule has 3 atom stereocenters. The van der Waals surface area contributed by atoms with Gasteiger partial charge in [-0.2, -0.15) is 18.4 Å². The van der Waals surface area contributed by atoms with Crippen molar-refractivity contribution in [2.45, 2.75) is 62.0 Å². The Morgan fingerprint density at radius 1 is 0.917 bits per heavy atom. The van der Waals surface area contributed by atoms with Crippen LogP contribution in [0.1, 0.15) is 54.8 Å². The maximum absolute atomic E-state index is 13.1. The van der Waals surface area contributed by atoms with E-state index in [2.05, 4.69) is 27.0 Å². The summed E-state index contributed by atoms with van der Waals surface area (Å²) in [5.41, 5.74) is 3.87. The number of benzene rings is 3. The lowest BCUT2D eigenvalue weighted by Crippen LogP contribution is -2.28. The zero-order valence-corrected chi connectivity index (χ0v) is 21.6. The first-order valence-electron chi connectivity index (χ1n) is 12.6. The molecule has 3 aromatic rings. The van der Waals surface area contributed by atoms with Crippen LogP contribution in [-0.2, 0) is 10.0 Å². The lowest BCUT2D eigenvalue weighted by Gasteiger charge is -2.24. The van der Waals surface area contributed by atoms with Gasteiger partial charge in [0.1, 0.15) is 5.75 Å². The number of methoxy groups -OCH3 is 1. The van der Waals surface area contributed by atoms with Gasteiger partial charge >= 0.3 is 0 Å². The Morgan fingerprint density at radius 3 is 2.22 bits per heavy atom. The van der Waals surface area contributed by atoms with Gasteiger partial charge in [-0.05, 0) is 55.2 Å². The van der Waals surface area contributed by atoms with Crippen LogP contribution in [0.2, 0.25) is 0 Å². The first-order chi connectivity index (χ1) is 17.5. The molecule has 0 spiro atoms. The third-order valence-electron chi connectivity index (χ3n) is 7.27. The molecular weight excluding hydrogens is 470 g/mol. The number of nitrogens with zero attached hydrogens (tertiary/aromatic N) is 2. The van der Waals surface area contributed by atoms with E-state index in [0.717, 1.165) is 35.4 Å². The van der Waals surface area contributed by atoms with Crippen LogP contribution in [0.4, 0.5) is 0 Å². The zero-order valence-electron chi connectivity index (χ0n) is 20.8. The van der Waals surface area contributed by atoms with Crippen LogP contribution >= 0.6 is 0 Å². The first-order valence-corrected chi connectivity index (χ1v) is 14.1. The van der Waals surface area contributed by atoms with Crippen molar-refractivity contribution in [2.24, 2.45) is 5.10 Å². The highest BCUT2D eigenvalue weighted by atomic mass is 32.2. The number of rotatable bonds is 8. The second kappa shape index (κ2) is 10.4. The van der Waals surface area contributed by atoms with E-state index in [1.807, 2.05) is 49.4 Å². The molecule has 1 N–H and O–H groups in total. The zero-order chi connectivity index (χ0) is 25.1. The molecule has 0 amide bonds. The maximum atomic E-state index is 13.1. The molecule has 1 aliphatic carbocycles. The second-order valence-electron chi connectivity index (χ2n) is 9.67. The van der Waals surface area contributed by atoms with Crippen LogP contribution in [0.25, 0.3) is 0 Å². The summed E-state index contributed by atoms with van der Waals surface area (Å²) in [6, 6.07) is 25.5. The van der Waals surface area contributed by atoms with Crippen molar-refractivity contribution >= 4 is 15.7 Å². The number of hydrazone groups is 1. The largest absolute Gasteiger partial charge is 0.497 e. The normalized spacial score (nSPS) is 22.7. The maximum Gasteiger partial charge on any atom is 0.276 e. The Hall–Kier alpha value is -3.16. The van der Waals surface area contributed by atoms with Gasteiger partial charge in [0.05, 0.1) is 29.8 Å². The fourth-order valence-electron chi connectivity index (χ4n) is 5.32. The molecule has 1 saturated carbocycles. The third-order valence-corrected chi connectivity index (χ3v) is 8.50. The number of hydrogen-bond acceptors (Lipinski definition) is 5. The van der Waals surface area contributed by atoms with Crippen LogP contribution < -0.4 is 9.57 Å². The van der Waals surface area contributed by atoms with Crippen molar-refractivity contribution < 1.29 is 13.2 Å². The summed E-state index contributed by atoms with van der Waals surface area (Å²) in [5.74, 6) is 0.822. The van der Waals surface area contributed by atoms with Gasteiger partial charge in [-0.3, -0.25) is 4.90 Å². The fourth-order valence-corrected chi connectivity index (χ4v) is 6.14. The summed E-state index contributed by atoms with van der Waals surface area (Å²) < 4.78 is 31.5. The van der Waals surface area contributed by atoms with Gasteiger partial charge in [-0.1, -0.05) is 79.4 Å². The van der Waals surface area contributed by atoms with E-state index in [0.29, 0.717) is 6.04 Å². The predicted molar refractivity (Wildman–Crippen MR) is 143 cm³/mol. The van der Waals surface area contributed by atoms with Gasteiger partial charge in [0.25, 0.3) is 10.0 Å². The number of hydrogen-bond donors (Lipinski definition) is 1. The minimum Gasteiger partial charge on any atom is -0.497 e. The molecule has 1 unspecified atom stereocenters. The van der Waals surface area contributed by atoms with Crippen LogP contribution in [0, 0.1) is 6.92 Å². The Labute approximate surface area is 214 Å². The molecule has 6 nitrogen and oxygen atoms in total. The quantitative estimate of drug-likeness (QED) is 0.252. The van der Waals surface area contributed by atoms with Gasteiger partial charge in [-0.25, -0.2) is 0 Å². The first kappa shape index (κ1) is 24.5. The summed E-state index contributed by atoms with van der Waals surface area (Å²) in [7, 11) is -2.12. The van der Waals surface area contributed by atoms with E-state index in [1.165, 1.54) is 24.8 Å². The van der Waals surface area contributed by atoms with E-state index in [9.17, 15) is 8.42 Å². The van der Waals surface area contributed by atoms with Crippen molar-refractivity contribution in [3.63, 3.8) is 0 Å². The van der Waals surface area contributed by atoms with Gasteiger partial charge in [0.2, 0.25) is 0 Å². The number of nitrogens with one attached hydrogen (secondary N) is 1. The lowest BCUT2D eigenvalue weighted by molar-refractivity contribution is 0.277. The Balaban J connectivity index is 1.51. The van der Waals surface area contributed by atoms with Gasteiger partial charge in [0.15, 0.2) is 0 Å². The SMILES string of the molecule is COc1ccc([C@@H]2[C@H](/C(=N/NS(=O)(=O)c3ccc(C)cc3)c3ccccc3)N2C2CCCCC2)cc1. The van der Waals surface area contributed by atoms with E-state index >= 15 is 0 Å². The van der Waals surface area contributed by atoms with Crippen LogP contribution in [0.5, 0.6) is 5.75 Å². The molecule has 0 aromatic heterocycles. The molecule has 0 bridgehead atoms. The molecule has 1 heterocycles. The van der Waals surface area contributed by atoms with Crippen molar-refractivity contribution in [1.82, 2.24) is 9.73 Å². The van der Waals surface area contributed by atoms with Crippen molar-refractivity contribution in [3.05, 3.63) is 95.6 Å². The summed E-state index contributed by atoms with van der Waals surface area (Å²) in [5, 5.41) is 4.59. The highest BCUT2D eigenvalue weighted by Gasteiger charge is 2.55. The Morgan fingerprint density at radius 2 is 1.58 bits per heavy atom. The third kappa shape index (κ3) is 5.18. The molecule has 7 heteroatoms. The molecule has 2 aliphatic rings. The van der Waals surface area contributed by atoms with Crippen molar-refractivity contribution in [1.29, 1.82) is 0 Å². The van der Waals surface area contributed by atoms with Gasteiger partial charge in [0, 0.05) is 6.04 Å². The average molecular weight is 504 g/mol. The van der Waals surface area contributed by atoms with Crippen molar-refractivity contribution in [2.75, 3.05) is 7.11 Å². The molecule has 5 rings (SSSR count). The summed E-state index contributed by atoms with van der Waals surface area (Å²) in [6.45, 7) is 1.93. The lowest BCUT2D eigenvalue weighted by atomic mass is 9.95. The molecule has 0 radical (unpaired) electrons. The van der Waals surface area contributed by atoms with Gasteiger partial charge in [-0.15, -0.1) is 0 Å².